The van der Waals surface area contributed by atoms with E-state index >= 15 is 0 Å². The molecule has 1 saturated heterocycles. The van der Waals surface area contributed by atoms with E-state index in [1.54, 1.807) is 11.8 Å². The number of rotatable bonds is 8. The molecule has 10 nitrogen and oxygen atoms in total. The Morgan fingerprint density at radius 3 is 1.57 bits per heavy atom. The van der Waals surface area contributed by atoms with Gasteiger partial charge in [0.2, 0.25) is 0 Å². The largest absolute Gasteiger partial charge is 0.480 e. The third-order valence-corrected chi connectivity index (χ3v) is 6.20. The van der Waals surface area contributed by atoms with Crippen molar-refractivity contribution >= 4 is 17.9 Å². The summed E-state index contributed by atoms with van der Waals surface area (Å²) in [5, 5.41) is 28.0. The van der Waals surface area contributed by atoms with E-state index in [0.717, 1.165) is 6.54 Å². The zero-order valence-corrected chi connectivity index (χ0v) is 18.1. The average Bonchev–Trinajstić information content (AvgIpc) is 3.37. The molecule has 2 fully saturated rings. The van der Waals surface area contributed by atoms with E-state index in [-0.39, 0.29) is 13.1 Å². The zero-order chi connectivity index (χ0) is 22.3. The van der Waals surface area contributed by atoms with E-state index < -0.39 is 23.9 Å². The van der Waals surface area contributed by atoms with Gasteiger partial charge < -0.3 is 20.2 Å². The van der Waals surface area contributed by atoms with E-state index in [4.69, 9.17) is 0 Å². The van der Waals surface area contributed by atoms with Gasteiger partial charge in [0.05, 0.1) is 13.1 Å². The van der Waals surface area contributed by atoms with Gasteiger partial charge in [0.15, 0.2) is 0 Å². The van der Waals surface area contributed by atoms with Crippen molar-refractivity contribution in [2.45, 2.75) is 32.7 Å². The first-order valence-electron chi connectivity index (χ1n) is 10.7. The molecule has 0 aromatic rings. The first-order valence-corrected chi connectivity index (χ1v) is 10.7. The SMILES string of the molecule is CC(C(=O)O)N1CCN(CC(=O)O)CCN(CC(=O)O)CCN(CC2(C)CC2)CC1. The monoisotopic (exact) mass is 428 g/mol. The molecule has 1 atom stereocenters. The normalized spacial score (nSPS) is 23.8. The molecule has 1 saturated carbocycles. The van der Waals surface area contributed by atoms with E-state index in [9.17, 15) is 29.7 Å². The fourth-order valence-electron chi connectivity index (χ4n) is 3.86. The molecule has 2 rings (SSSR count). The van der Waals surface area contributed by atoms with E-state index in [1.165, 1.54) is 12.8 Å². The van der Waals surface area contributed by atoms with Gasteiger partial charge in [-0.2, -0.15) is 0 Å². The summed E-state index contributed by atoms with van der Waals surface area (Å²) >= 11 is 0. The molecule has 0 spiro atoms. The smallest absolute Gasteiger partial charge is 0.320 e. The van der Waals surface area contributed by atoms with Gasteiger partial charge in [-0.3, -0.25) is 29.1 Å². The number of hydrogen-bond acceptors (Lipinski definition) is 7. The van der Waals surface area contributed by atoms with Crippen molar-refractivity contribution in [2.24, 2.45) is 5.41 Å². The number of nitrogens with zero attached hydrogens (tertiary/aromatic N) is 4. The molecule has 0 amide bonds. The van der Waals surface area contributed by atoms with E-state index in [2.05, 4.69) is 11.8 Å². The highest BCUT2D eigenvalue weighted by Crippen LogP contribution is 2.45. The zero-order valence-electron chi connectivity index (χ0n) is 18.1. The topological polar surface area (TPSA) is 125 Å². The van der Waals surface area contributed by atoms with Gasteiger partial charge >= 0.3 is 17.9 Å². The van der Waals surface area contributed by atoms with E-state index in [0.29, 0.717) is 57.8 Å². The Balaban J connectivity index is 2.13. The number of hydrogen-bond donors (Lipinski definition) is 3. The van der Waals surface area contributed by atoms with Gasteiger partial charge in [-0.15, -0.1) is 0 Å². The second-order valence-electron chi connectivity index (χ2n) is 8.98. The van der Waals surface area contributed by atoms with Crippen LogP contribution in [0.3, 0.4) is 0 Å². The summed E-state index contributed by atoms with van der Waals surface area (Å²) in [5.74, 6) is -2.73. The summed E-state index contributed by atoms with van der Waals surface area (Å²) in [7, 11) is 0. The minimum atomic E-state index is -0.950. The molecule has 1 aliphatic carbocycles. The van der Waals surface area contributed by atoms with E-state index in [1.807, 2.05) is 9.80 Å². The van der Waals surface area contributed by atoms with Crippen LogP contribution in [0.4, 0.5) is 0 Å². The molecular weight excluding hydrogens is 392 g/mol. The van der Waals surface area contributed by atoms with Crippen LogP contribution in [0.25, 0.3) is 0 Å². The number of carbonyl (C=O) groups is 3. The molecular formula is C20H36N4O6. The Labute approximate surface area is 178 Å². The highest BCUT2D eigenvalue weighted by atomic mass is 16.4. The first kappa shape index (κ1) is 24.5. The molecule has 0 bridgehead atoms. The van der Waals surface area contributed by atoms with Crippen LogP contribution in [0.15, 0.2) is 0 Å². The second kappa shape index (κ2) is 11.0. The second-order valence-corrected chi connectivity index (χ2v) is 8.98. The van der Waals surface area contributed by atoms with Gasteiger partial charge in [0, 0.05) is 58.9 Å². The van der Waals surface area contributed by atoms with Crippen molar-refractivity contribution in [3.63, 3.8) is 0 Å². The van der Waals surface area contributed by atoms with Crippen LogP contribution >= 0.6 is 0 Å². The maximum atomic E-state index is 11.6. The lowest BCUT2D eigenvalue weighted by atomic mass is 10.1. The van der Waals surface area contributed by atoms with Crippen LogP contribution in [-0.4, -0.2) is 131 Å². The molecule has 1 heterocycles. The summed E-state index contributed by atoms with van der Waals surface area (Å²) in [5.41, 5.74) is 0.302. The van der Waals surface area contributed by atoms with Crippen molar-refractivity contribution in [2.75, 3.05) is 72.0 Å². The summed E-state index contributed by atoms with van der Waals surface area (Å²) in [6.45, 7) is 8.92. The third-order valence-electron chi connectivity index (χ3n) is 6.20. The highest BCUT2D eigenvalue weighted by Gasteiger charge is 2.38. The maximum Gasteiger partial charge on any atom is 0.320 e. The molecule has 1 aliphatic heterocycles. The predicted octanol–water partition coefficient (Wildman–Crippen LogP) is -0.350. The van der Waals surface area contributed by atoms with Crippen LogP contribution < -0.4 is 0 Å². The van der Waals surface area contributed by atoms with Gasteiger partial charge in [0.1, 0.15) is 6.04 Å². The molecule has 0 aromatic carbocycles. The van der Waals surface area contributed by atoms with Crippen molar-refractivity contribution < 1.29 is 29.7 Å². The Kier molecular flexibility index (Phi) is 9.02. The Bertz CT molecular complexity index is 612. The standard InChI is InChI=1S/C20H36N4O6/c1-16(19(29)30)24-11-9-22(14-18(27)28)6-5-21(13-17(25)26)7-8-23(10-12-24)15-20(2)3-4-20/h16H,3-15H2,1-2H3,(H,25,26)(H,27,28)(H,29,30). The molecule has 10 heteroatoms. The molecule has 172 valence electrons. The van der Waals surface area contributed by atoms with Crippen molar-refractivity contribution in [1.82, 2.24) is 19.6 Å². The Morgan fingerprint density at radius 1 is 0.767 bits per heavy atom. The van der Waals surface area contributed by atoms with Crippen molar-refractivity contribution in [3.05, 3.63) is 0 Å². The lowest BCUT2D eigenvalue weighted by Crippen LogP contribution is -2.51. The minimum Gasteiger partial charge on any atom is -0.480 e. The van der Waals surface area contributed by atoms with Crippen molar-refractivity contribution in [1.29, 1.82) is 0 Å². The van der Waals surface area contributed by atoms with Crippen LogP contribution in [0, 0.1) is 5.41 Å². The number of aliphatic carboxylic acids is 3. The summed E-state index contributed by atoms with van der Waals surface area (Å²) in [6.07, 6.45) is 2.36. The highest BCUT2D eigenvalue weighted by molar-refractivity contribution is 5.72. The van der Waals surface area contributed by atoms with Gasteiger partial charge in [-0.05, 0) is 25.2 Å². The lowest BCUT2D eigenvalue weighted by Gasteiger charge is -2.35. The molecule has 0 radical (unpaired) electrons. The minimum absolute atomic E-state index is 0.0752. The Morgan fingerprint density at radius 2 is 1.17 bits per heavy atom. The molecule has 1 unspecified atom stereocenters. The summed E-state index contributed by atoms with van der Waals surface area (Å²) < 4.78 is 0. The third kappa shape index (κ3) is 8.55. The van der Waals surface area contributed by atoms with Crippen LogP contribution in [0.5, 0.6) is 0 Å². The van der Waals surface area contributed by atoms with Crippen LogP contribution in [0.1, 0.15) is 26.7 Å². The first-order chi connectivity index (χ1) is 14.1. The molecule has 2 aliphatic rings. The average molecular weight is 429 g/mol. The number of carboxylic acids is 3. The van der Waals surface area contributed by atoms with Crippen molar-refractivity contribution in [3.8, 4) is 0 Å². The van der Waals surface area contributed by atoms with Crippen LogP contribution in [-0.2, 0) is 14.4 Å². The number of carboxylic acid groups (broad SMARTS) is 3. The van der Waals surface area contributed by atoms with Gasteiger partial charge in [0.25, 0.3) is 0 Å². The summed E-state index contributed by atoms with van der Waals surface area (Å²) in [6, 6.07) is -0.651. The predicted molar refractivity (Wildman–Crippen MR) is 111 cm³/mol. The maximum absolute atomic E-state index is 11.6. The Hall–Kier alpha value is -1.75. The fraction of sp³-hybridized carbons (Fsp3) is 0.850. The lowest BCUT2D eigenvalue weighted by molar-refractivity contribution is -0.143. The summed E-state index contributed by atoms with van der Waals surface area (Å²) in [4.78, 5) is 41.9. The molecule has 3 N–H and O–H groups in total. The fourth-order valence-corrected chi connectivity index (χ4v) is 3.86. The van der Waals surface area contributed by atoms with Gasteiger partial charge in [-0.25, -0.2) is 0 Å². The van der Waals surface area contributed by atoms with Gasteiger partial charge in [-0.1, -0.05) is 6.92 Å². The quantitative estimate of drug-likeness (QED) is 0.472. The molecule has 30 heavy (non-hydrogen) atoms. The van der Waals surface area contributed by atoms with Crippen LogP contribution in [0.2, 0.25) is 0 Å². The molecule has 0 aromatic heterocycles.